The van der Waals surface area contributed by atoms with Crippen LogP contribution >= 0.6 is 11.3 Å². The lowest BCUT2D eigenvalue weighted by Crippen LogP contribution is -2.48. The van der Waals surface area contributed by atoms with Gasteiger partial charge in [0.2, 0.25) is 10.0 Å². The van der Waals surface area contributed by atoms with Gasteiger partial charge >= 0.3 is 0 Å². The van der Waals surface area contributed by atoms with Crippen molar-refractivity contribution in [2.24, 2.45) is 0 Å². The zero-order valence-corrected chi connectivity index (χ0v) is 14.3. The number of nitrogens with one attached hydrogen (secondary N) is 1. The number of likely N-dealkylation sites (tertiary alicyclic amines) is 1. The average Bonchev–Trinajstić information content (AvgIpc) is 3.18. The molecule has 1 aromatic heterocycles. The van der Waals surface area contributed by atoms with Gasteiger partial charge in [0.05, 0.1) is 16.0 Å². The number of hydrogen-bond donors (Lipinski definition) is 1. The van der Waals surface area contributed by atoms with Gasteiger partial charge in [0.15, 0.2) is 0 Å². The Labute approximate surface area is 130 Å². The predicted octanol–water partition coefficient (Wildman–Crippen LogP) is 1.81. The Morgan fingerprint density at radius 1 is 1.33 bits per heavy atom. The summed E-state index contributed by atoms with van der Waals surface area (Å²) in [6.45, 7) is 6.82. The van der Waals surface area contributed by atoms with Crippen LogP contribution in [0.3, 0.4) is 0 Å². The highest BCUT2D eigenvalue weighted by atomic mass is 32.2. The van der Waals surface area contributed by atoms with Gasteiger partial charge in [-0.15, -0.1) is 11.3 Å². The van der Waals surface area contributed by atoms with Crippen molar-refractivity contribution in [3.63, 3.8) is 0 Å². The SMILES string of the molecule is Cc1nc(C)c(CN2CCCC(NS(=O)(=O)C3CC3)C2)s1. The summed E-state index contributed by atoms with van der Waals surface area (Å²) in [6.07, 6.45) is 3.65. The molecule has 1 saturated carbocycles. The van der Waals surface area contributed by atoms with Crippen molar-refractivity contribution in [2.75, 3.05) is 13.1 Å². The molecule has 1 unspecified atom stereocenters. The van der Waals surface area contributed by atoms with Crippen LogP contribution in [0.5, 0.6) is 0 Å². The Morgan fingerprint density at radius 3 is 2.71 bits per heavy atom. The molecule has 7 heteroatoms. The molecule has 0 bridgehead atoms. The number of thiazole rings is 1. The van der Waals surface area contributed by atoms with Crippen molar-refractivity contribution in [2.45, 2.75) is 57.4 Å². The van der Waals surface area contributed by atoms with Gasteiger partial charge in [0, 0.05) is 24.0 Å². The number of nitrogens with zero attached hydrogens (tertiary/aromatic N) is 2. The number of sulfonamides is 1. The first-order valence-corrected chi connectivity index (χ1v) is 9.97. The van der Waals surface area contributed by atoms with Crippen molar-refractivity contribution < 1.29 is 8.42 Å². The van der Waals surface area contributed by atoms with Gasteiger partial charge in [0.1, 0.15) is 0 Å². The van der Waals surface area contributed by atoms with E-state index in [1.54, 1.807) is 11.3 Å². The van der Waals surface area contributed by atoms with Crippen molar-refractivity contribution in [3.8, 4) is 0 Å². The van der Waals surface area contributed by atoms with E-state index in [-0.39, 0.29) is 11.3 Å². The number of aromatic nitrogens is 1. The number of hydrogen-bond acceptors (Lipinski definition) is 5. The fourth-order valence-electron chi connectivity index (χ4n) is 2.93. The molecule has 0 amide bonds. The quantitative estimate of drug-likeness (QED) is 0.895. The standard InChI is InChI=1S/C14H23N3O2S2/c1-10-14(20-11(2)15-10)9-17-7-3-4-12(8-17)16-21(18,19)13-5-6-13/h12-13,16H,3-9H2,1-2H3. The summed E-state index contributed by atoms with van der Waals surface area (Å²) in [5.74, 6) is 0. The molecule has 0 aromatic carbocycles. The molecule has 1 saturated heterocycles. The van der Waals surface area contributed by atoms with Crippen molar-refractivity contribution >= 4 is 21.4 Å². The van der Waals surface area contributed by atoms with Gasteiger partial charge in [-0.05, 0) is 46.1 Å². The van der Waals surface area contributed by atoms with E-state index in [1.807, 2.05) is 6.92 Å². The third-order valence-corrected chi connectivity index (χ3v) is 7.24. The topological polar surface area (TPSA) is 62.3 Å². The highest BCUT2D eigenvalue weighted by Crippen LogP contribution is 2.28. The summed E-state index contributed by atoms with van der Waals surface area (Å²) in [7, 11) is -3.07. The molecule has 1 aliphatic carbocycles. The van der Waals surface area contributed by atoms with Crippen molar-refractivity contribution in [1.82, 2.24) is 14.6 Å². The summed E-state index contributed by atoms with van der Waals surface area (Å²) in [4.78, 5) is 8.12. The lowest BCUT2D eigenvalue weighted by Gasteiger charge is -2.32. The summed E-state index contributed by atoms with van der Waals surface area (Å²) in [5.41, 5.74) is 1.11. The van der Waals surface area contributed by atoms with Crippen LogP contribution in [-0.2, 0) is 16.6 Å². The monoisotopic (exact) mass is 329 g/mol. The molecule has 118 valence electrons. The lowest BCUT2D eigenvalue weighted by atomic mass is 10.1. The molecule has 5 nitrogen and oxygen atoms in total. The molecule has 1 N–H and O–H groups in total. The van der Waals surface area contributed by atoms with Crippen LogP contribution in [0.25, 0.3) is 0 Å². The molecule has 3 rings (SSSR count). The van der Waals surface area contributed by atoms with Crippen LogP contribution in [0, 0.1) is 13.8 Å². The van der Waals surface area contributed by atoms with E-state index in [0.29, 0.717) is 0 Å². The summed E-state index contributed by atoms with van der Waals surface area (Å²) >= 11 is 1.75. The Morgan fingerprint density at radius 2 is 2.10 bits per heavy atom. The Balaban J connectivity index is 1.59. The zero-order valence-electron chi connectivity index (χ0n) is 12.6. The summed E-state index contributed by atoms with van der Waals surface area (Å²) in [5, 5.41) is 0.977. The van der Waals surface area contributed by atoms with Gasteiger partial charge in [0.25, 0.3) is 0 Å². The van der Waals surface area contributed by atoms with E-state index in [4.69, 9.17) is 0 Å². The second-order valence-electron chi connectivity index (χ2n) is 6.18. The molecule has 2 fully saturated rings. The third kappa shape index (κ3) is 3.83. The first-order chi connectivity index (χ1) is 9.94. The zero-order chi connectivity index (χ0) is 15.0. The van der Waals surface area contributed by atoms with E-state index in [1.165, 1.54) is 4.88 Å². The summed E-state index contributed by atoms with van der Waals surface area (Å²) < 4.78 is 27.0. The lowest BCUT2D eigenvalue weighted by molar-refractivity contribution is 0.195. The average molecular weight is 329 g/mol. The van der Waals surface area contributed by atoms with E-state index < -0.39 is 10.0 Å². The van der Waals surface area contributed by atoms with Crippen LogP contribution < -0.4 is 4.72 Å². The molecule has 0 radical (unpaired) electrons. The largest absolute Gasteiger partial charge is 0.297 e. The van der Waals surface area contributed by atoms with Crippen LogP contribution in [0.4, 0.5) is 0 Å². The molecule has 1 atom stereocenters. The first kappa shape index (κ1) is 15.4. The maximum atomic E-state index is 12.0. The minimum absolute atomic E-state index is 0.0682. The third-order valence-electron chi connectivity index (χ3n) is 4.17. The van der Waals surface area contributed by atoms with E-state index in [9.17, 15) is 8.42 Å². The van der Waals surface area contributed by atoms with E-state index in [0.717, 1.165) is 56.0 Å². The molecular weight excluding hydrogens is 306 g/mol. The van der Waals surface area contributed by atoms with Crippen LogP contribution in [0.15, 0.2) is 0 Å². The first-order valence-electron chi connectivity index (χ1n) is 7.60. The normalized spacial score (nSPS) is 24.4. The van der Waals surface area contributed by atoms with Crippen molar-refractivity contribution in [1.29, 1.82) is 0 Å². The van der Waals surface area contributed by atoms with Gasteiger partial charge in [-0.25, -0.2) is 18.1 Å². The Bertz CT molecular complexity index is 608. The second kappa shape index (κ2) is 5.95. The van der Waals surface area contributed by atoms with Gasteiger partial charge in [-0.1, -0.05) is 0 Å². The smallest absolute Gasteiger partial charge is 0.214 e. The fraction of sp³-hybridized carbons (Fsp3) is 0.786. The van der Waals surface area contributed by atoms with Gasteiger partial charge < -0.3 is 0 Å². The minimum atomic E-state index is -3.07. The number of aryl methyl sites for hydroxylation is 2. The van der Waals surface area contributed by atoms with Gasteiger partial charge in [-0.3, -0.25) is 4.90 Å². The molecular formula is C14H23N3O2S2. The molecule has 21 heavy (non-hydrogen) atoms. The second-order valence-corrected chi connectivity index (χ2v) is 9.46. The number of piperidine rings is 1. The maximum absolute atomic E-state index is 12.0. The molecule has 2 aliphatic rings. The van der Waals surface area contributed by atoms with Gasteiger partial charge in [-0.2, -0.15) is 0 Å². The molecule has 2 heterocycles. The molecule has 1 aromatic rings. The van der Waals surface area contributed by atoms with Crippen LogP contribution in [0.2, 0.25) is 0 Å². The Hall–Kier alpha value is -0.500. The molecule has 0 spiro atoms. The van der Waals surface area contributed by atoms with Crippen LogP contribution in [-0.4, -0.2) is 42.7 Å². The maximum Gasteiger partial charge on any atom is 0.214 e. The molecule has 1 aliphatic heterocycles. The van der Waals surface area contributed by atoms with Crippen LogP contribution in [0.1, 0.15) is 41.3 Å². The Kier molecular flexibility index (Phi) is 4.36. The highest BCUT2D eigenvalue weighted by Gasteiger charge is 2.37. The summed E-state index contributed by atoms with van der Waals surface area (Å²) in [6, 6.07) is 0.0682. The van der Waals surface area contributed by atoms with E-state index in [2.05, 4.69) is 21.5 Å². The van der Waals surface area contributed by atoms with Crippen molar-refractivity contribution in [3.05, 3.63) is 15.6 Å². The minimum Gasteiger partial charge on any atom is -0.297 e. The highest BCUT2D eigenvalue weighted by molar-refractivity contribution is 7.90. The fourth-order valence-corrected chi connectivity index (χ4v) is 5.51. The van der Waals surface area contributed by atoms with E-state index >= 15 is 0 Å². The number of rotatable bonds is 5. The predicted molar refractivity (Wildman–Crippen MR) is 85.0 cm³/mol.